The zero-order chi connectivity index (χ0) is 43.5. The zero-order valence-corrected chi connectivity index (χ0v) is 37.6. The van der Waals surface area contributed by atoms with Crippen molar-refractivity contribution in [1.29, 1.82) is 0 Å². The predicted octanol–water partition coefficient (Wildman–Crippen LogP) is 8.79. The van der Waals surface area contributed by atoms with Crippen molar-refractivity contribution in [3.63, 3.8) is 0 Å². The largest absolute Gasteiger partial charge is 0.573 e. The first-order chi connectivity index (χ1) is 26.9. The summed E-state index contributed by atoms with van der Waals surface area (Å²) in [7, 11) is -2.59. The smallest absolute Gasteiger partial charge is 0.444 e. The van der Waals surface area contributed by atoms with Crippen LogP contribution in [0.1, 0.15) is 99.1 Å². The van der Waals surface area contributed by atoms with Crippen LogP contribution in [0.3, 0.4) is 0 Å². The molecular formula is C44H69F3N4O6Si. The van der Waals surface area contributed by atoms with Crippen molar-refractivity contribution in [2.24, 2.45) is 11.8 Å². The third kappa shape index (κ3) is 15.9. The van der Waals surface area contributed by atoms with E-state index in [1.54, 1.807) is 20.8 Å². The number of ether oxygens (including phenoxy) is 2. The second-order valence-electron chi connectivity index (χ2n) is 18.2. The Morgan fingerprint density at radius 3 is 1.97 bits per heavy atom. The van der Waals surface area contributed by atoms with Crippen molar-refractivity contribution in [1.82, 2.24) is 20.9 Å². The second kappa shape index (κ2) is 21.1. The number of rotatable bonds is 18. The maximum Gasteiger partial charge on any atom is 0.573 e. The van der Waals surface area contributed by atoms with E-state index in [-0.39, 0.29) is 41.4 Å². The number of halogens is 3. The third-order valence-corrected chi connectivity index (χ3v) is 15.8. The molecule has 0 aromatic heterocycles. The Labute approximate surface area is 345 Å². The molecule has 2 aromatic rings. The summed E-state index contributed by atoms with van der Waals surface area (Å²) in [6.45, 7) is 23.9. The summed E-state index contributed by atoms with van der Waals surface area (Å²) in [5.41, 5.74) is 0.757. The zero-order valence-electron chi connectivity index (χ0n) is 36.6. The van der Waals surface area contributed by atoms with Crippen LogP contribution in [-0.2, 0) is 31.6 Å². The van der Waals surface area contributed by atoms with E-state index in [1.165, 1.54) is 24.3 Å². The van der Waals surface area contributed by atoms with E-state index >= 15 is 0 Å². The number of piperidine rings is 1. The number of amides is 3. The minimum absolute atomic E-state index is 0.121. The van der Waals surface area contributed by atoms with Crippen molar-refractivity contribution >= 4 is 26.2 Å². The summed E-state index contributed by atoms with van der Waals surface area (Å²) in [6.07, 6.45) is -3.29. The number of likely N-dealkylation sites (tertiary alicyclic amines) is 1. The van der Waals surface area contributed by atoms with Gasteiger partial charge >= 0.3 is 12.5 Å². The molecule has 326 valence electrons. The van der Waals surface area contributed by atoms with Crippen LogP contribution in [0, 0.1) is 11.8 Å². The van der Waals surface area contributed by atoms with E-state index in [0.717, 1.165) is 24.9 Å². The number of hydrogen-bond donors (Lipinski definition) is 3. The van der Waals surface area contributed by atoms with E-state index in [4.69, 9.17) is 9.16 Å². The molecule has 1 aliphatic rings. The first kappa shape index (κ1) is 48.7. The average Bonchev–Trinajstić information content (AvgIpc) is 3.12. The van der Waals surface area contributed by atoms with Gasteiger partial charge in [-0.1, -0.05) is 90.4 Å². The number of benzene rings is 2. The van der Waals surface area contributed by atoms with Crippen LogP contribution in [0.4, 0.5) is 18.0 Å². The average molecular weight is 835 g/mol. The van der Waals surface area contributed by atoms with Gasteiger partial charge in [-0.2, -0.15) is 0 Å². The highest BCUT2D eigenvalue weighted by Gasteiger charge is 2.43. The van der Waals surface area contributed by atoms with Crippen molar-refractivity contribution < 1.29 is 41.5 Å². The molecule has 0 bridgehead atoms. The maximum atomic E-state index is 14.8. The normalized spacial score (nSPS) is 17.1. The summed E-state index contributed by atoms with van der Waals surface area (Å²) >= 11 is 0. The van der Waals surface area contributed by atoms with Gasteiger partial charge in [-0.25, -0.2) is 4.79 Å². The minimum atomic E-state index is -4.85. The molecule has 0 saturated carbocycles. The SMILES string of the molecule is CCNC1CCN(C(=O)[C@@H](NC(=O)C(Cc2ccc(OC(F)(F)F)cc2)CC(O[Si](C)(C)C(C)(C)C)C(Cc2ccccc2)NC(=O)OC(C)(C)C)[C@@H](C)CC)CC1. The summed E-state index contributed by atoms with van der Waals surface area (Å²) in [4.78, 5) is 44.4. The van der Waals surface area contributed by atoms with Gasteiger partial charge in [0.1, 0.15) is 17.4 Å². The van der Waals surface area contributed by atoms with Crippen LogP contribution in [0.2, 0.25) is 18.1 Å². The molecule has 10 nitrogen and oxygen atoms in total. The number of nitrogens with one attached hydrogen (secondary N) is 3. The molecule has 2 aromatic carbocycles. The fourth-order valence-electron chi connectivity index (χ4n) is 6.87. The van der Waals surface area contributed by atoms with E-state index in [9.17, 15) is 27.6 Å². The summed E-state index contributed by atoms with van der Waals surface area (Å²) in [6, 6.07) is 14.0. The van der Waals surface area contributed by atoms with E-state index in [2.05, 4.69) is 61.5 Å². The standard InChI is InChI=1S/C44H69F3N4O6Si/c1-12-30(3)38(40(53)51-25-23-34(24-26-51)48-13-2)50-39(52)33(27-32-19-21-35(22-20-32)55-44(45,46)47)29-37(57-58(10,11)43(7,8)9)36(28-31-17-15-14-16-18-31)49-41(54)56-42(4,5)6/h14-22,30,33-34,36-38,48H,12-13,23-29H2,1-11H3,(H,49,54)(H,50,52)/t30-,33?,36?,37?,38-/m0/s1. The molecule has 0 radical (unpaired) electrons. The molecule has 5 atom stereocenters. The van der Waals surface area contributed by atoms with Gasteiger partial charge in [0.15, 0.2) is 8.32 Å². The molecule has 3 amide bonds. The van der Waals surface area contributed by atoms with E-state index in [0.29, 0.717) is 37.5 Å². The number of alkyl carbamates (subject to hydrolysis) is 1. The topological polar surface area (TPSA) is 118 Å². The quantitative estimate of drug-likeness (QED) is 0.129. The van der Waals surface area contributed by atoms with Gasteiger partial charge in [0.05, 0.1) is 12.1 Å². The lowest BCUT2D eigenvalue weighted by molar-refractivity contribution is -0.274. The predicted molar refractivity (Wildman–Crippen MR) is 225 cm³/mol. The fourth-order valence-corrected chi connectivity index (χ4v) is 8.24. The van der Waals surface area contributed by atoms with Crippen LogP contribution in [0.15, 0.2) is 54.6 Å². The summed E-state index contributed by atoms with van der Waals surface area (Å²) in [5, 5.41) is 9.46. The minimum Gasteiger partial charge on any atom is -0.444 e. The van der Waals surface area contributed by atoms with E-state index in [1.807, 2.05) is 49.1 Å². The molecule has 1 saturated heterocycles. The van der Waals surface area contributed by atoms with E-state index < -0.39 is 50.5 Å². The Kier molecular flexibility index (Phi) is 17.7. The summed E-state index contributed by atoms with van der Waals surface area (Å²) in [5.74, 6) is -1.88. The third-order valence-electron chi connectivity index (χ3n) is 11.3. The van der Waals surface area contributed by atoms with Gasteiger partial charge in [-0.15, -0.1) is 13.2 Å². The number of alkyl halides is 3. The van der Waals surface area contributed by atoms with Gasteiger partial charge in [0.25, 0.3) is 0 Å². The molecule has 3 rings (SSSR count). The van der Waals surface area contributed by atoms with Gasteiger partial charge in [-0.3, -0.25) is 9.59 Å². The van der Waals surface area contributed by atoms with Crippen LogP contribution in [-0.4, -0.2) is 87.0 Å². The lowest BCUT2D eigenvalue weighted by Gasteiger charge is -2.42. The van der Waals surface area contributed by atoms with Crippen molar-refractivity contribution in [2.75, 3.05) is 19.6 Å². The van der Waals surface area contributed by atoms with Crippen LogP contribution >= 0.6 is 0 Å². The fraction of sp³-hybridized carbons (Fsp3) is 0.659. The highest BCUT2D eigenvalue weighted by molar-refractivity contribution is 6.74. The highest BCUT2D eigenvalue weighted by atomic mass is 28.4. The second-order valence-corrected chi connectivity index (χ2v) is 23.0. The molecule has 3 N–H and O–H groups in total. The lowest BCUT2D eigenvalue weighted by Crippen LogP contribution is -2.57. The Hall–Kier alpha value is -3.62. The molecule has 1 fully saturated rings. The monoisotopic (exact) mass is 834 g/mol. The Balaban J connectivity index is 2.10. The number of carbonyl (C=O) groups is 3. The highest BCUT2D eigenvalue weighted by Crippen LogP contribution is 2.39. The number of nitrogens with zero attached hydrogens (tertiary/aromatic N) is 1. The Morgan fingerprint density at radius 2 is 1.45 bits per heavy atom. The summed E-state index contributed by atoms with van der Waals surface area (Å²) < 4.78 is 56.2. The molecule has 58 heavy (non-hydrogen) atoms. The molecule has 1 heterocycles. The number of carbonyl (C=O) groups excluding carboxylic acids is 3. The number of hydrogen-bond acceptors (Lipinski definition) is 7. The molecule has 0 aliphatic carbocycles. The molecule has 0 spiro atoms. The Morgan fingerprint density at radius 1 is 0.862 bits per heavy atom. The maximum absolute atomic E-state index is 14.8. The van der Waals surface area contributed by atoms with Crippen molar-refractivity contribution in [3.05, 3.63) is 65.7 Å². The van der Waals surface area contributed by atoms with Crippen molar-refractivity contribution in [3.8, 4) is 5.75 Å². The van der Waals surface area contributed by atoms with Crippen LogP contribution in [0.25, 0.3) is 0 Å². The molecule has 1 aliphatic heterocycles. The van der Waals surface area contributed by atoms with Gasteiger partial charge in [-0.05, 0) is 107 Å². The first-order valence-electron chi connectivity index (χ1n) is 20.8. The molecule has 3 unspecified atom stereocenters. The van der Waals surface area contributed by atoms with Gasteiger partial charge < -0.3 is 34.8 Å². The van der Waals surface area contributed by atoms with Gasteiger partial charge in [0, 0.05) is 25.0 Å². The van der Waals surface area contributed by atoms with Crippen LogP contribution < -0.4 is 20.7 Å². The lowest BCUT2D eigenvalue weighted by atomic mass is 9.87. The van der Waals surface area contributed by atoms with Crippen molar-refractivity contribution in [2.45, 2.75) is 155 Å². The first-order valence-corrected chi connectivity index (χ1v) is 23.7. The Bertz CT molecular complexity index is 1590. The van der Waals surface area contributed by atoms with Gasteiger partial charge in [0.2, 0.25) is 11.8 Å². The molecule has 14 heteroatoms. The molecular weight excluding hydrogens is 766 g/mol. The van der Waals surface area contributed by atoms with Crippen LogP contribution in [0.5, 0.6) is 5.75 Å².